The Bertz CT molecular complexity index is 878. The number of carbonyl (C=O) groups is 2. The molecule has 2 aromatic rings. The summed E-state index contributed by atoms with van der Waals surface area (Å²) in [5.41, 5.74) is 5.96. The molecule has 0 spiro atoms. The number of anilines is 1. The molecule has 0 saturated carbocycles. The van der Waals surface area contributed by atoms with Gasteiger partial charge in [-0.2, -0.15) is 0 Å². The van der Waals surface area contributed by atoms with Gasteiger partial charge >= 0.3 is 6.03 Å². The lowest BCUT2D eigenvalue weighted by molar-refractivity contribution is -0.113. The fourth-order valence-electron chi connectivity index (χ4n) is 3.25. The van der Waals surface area contributed by atoms with E-state index in [-0.39, 0.29) is 11.9 Å². The summed E-state index contributed by atoms with van der Waals surface area (Å²) >= 11 is 0. The van der Waals surface area contributed by atoms with Gasteiger partial charge in [-0.05, 0) is 56.5 Å². The molecule has 5 heteroatoms. The minimum atomic E-state index is -0.491. The molecule has 1 aliphatic rings. The summed E-state index contributed by atoms with van der Waals surface area (Å²) in [6, 6.07) is 12.9. The third-order valence-corrected chi connectivity index (χ3v) is 4.40. The summed E-state index contributed by atoms with van der Waals surface area (Å²) in [7, 11) is 0. The van der Waals surface area contributed by atoms with E-state index in [9.17, 15) is 9.59 Å². The third-order valence-electron chi connectivity index (χ3n) is 4.40. The number of rotatable bonds is 3. The normalized spacial score (nSPS) is 16.8. The van der Waals surface area contributed by atoms with Crippen molar-refractivity contribution in [1.82, 2.24) is 10.6 Å². The molecule has 1 atom stereocenters. The number of nitrogens with one attached hydrogen (secondary N) is 3. The van der Waals surface area contributed by atoms with Gasteiger partial charge in [-0.25, -0.2) is 4.79 Å². The lowest BCUT2D eigenvalue weighted by Crippen LogP contribution is -2.45. The standard InChI is InChI=1S/C21H23N3O2/c1-12-5-7-16(8-6-12)19-18(15(4)22-21(26)24-19)20(25)23-17-10-13(2)9-14(3)11-17/h5-11,19H,1-4H3,(H,23,25)(H2,22,24,26). The van der Waals surface area contributed by atoms with E-state index >= 15 is 0 Å². The average Bonchev–Trinajstić information content (AvgIpc) is 2.53. The van der Waals surface area contributed by atoms with Gasteiger partial charge in [-0.15, -0.1) is 0 Å². The molecule has 5 nitrogen and oxygen atoms in total. The van der Waals surface area contributed by atoms with Crippen LogP contribution in [0.3, 0.4) is 0 Å². The summed E-state index contributed by atoms with van der Waals surface area (Å²) in [6.45, 7) is 7.73. The van der Waals surface area contributed by atoms with Crippen LogP contribution in [-0.4, -0.2) is 11.9 Å². The highest BCUT2D eigenvalue weighted by molar-refractivity contribution is 6.06. The molecular weight excluding hydrogens is 326 g/mol. The molecule has 26 heavy (non-hydrogen) atoms. The van der Waals surface area contributed by atoms with Gasteiger partial charge in [-0.1, -0.05) is 35.9 Å². The zero-order chi connectivity index (χ0) is 18.8. The zero-order valence-electron chi connectivity index (χ0n) is 15.4. The van der Waals surface area contributed by atoms with E-state index in [0.717, 1.165) is 27.9 Å². The van der Waals surface area contributed by atoms with Crippen molar-refractivity contribution in [2.75, 3.05) is 5.32 Å². The van der Waals surface area contributed by atoms with Crippen LogP contribution < -0.4 is 16.0 Å². The smallest absolute Gasteiger partial charge is 0.319 e. The SMILES string of the molecule is CC1=C(C(=O)Nc2cc(C)cc(C)c2)C(c2ccc(C)cc2)NC(=O)N1. The van der Waals surface area contributed by atoms with E-state index in [1.54, 1.807) is 6.92 Å². The second-order valence-electron chi connectivity index (χ2n) is 6.81. The maximum absolute atomic E-state index is 13.0. The average molecular weight is 349 g/mol. The Morgan fingerprint density at radius 1 is 0.923 bits per heavy atom. The quantitative estimate of drug-likeness (QED) is 0.787. The molecule has 3 amide bonds. The van der Waals surface area contributed by atoms with Gasteiger partial charge in [0.15, 0.2) is 0 Å². The van der Waals surface area contributed by atoms with Crippen LogP contribution in [0.1, 0.15) is 35.2 Å². The van der Waals surface area contributed by atoms with Crippen molar-refractivity contribution in [2.45, 2.75) is 33.7 Å². The predicted molar refractivity (Wildman–Crippen MR) is 103 cm³/mol. The largest absolute Gasteiger partial charge is 0.327 e. The van der Waals surface area contributed by atoms with Gasteiger partial charge in [0.1, 0.15) is 0 Å². The molecular formula is C21H23N3O2. The van der Waals surface area contributed by atoms with Crippen LogP contribution in [0.15, 0.2) is 53.7 Å². The third kappa shape index (κ3) is 3.77. The van der Waals surface area contributed by atoms with Gasteiger partial charge in [-0.3, -0.25) is 4.79 Å². The maximum Gasteiger partial charge on any atom is 0.319 e. The van der Waals surface area contributed by atoms with Crippen molar-refractivity contribution in [3.05, 3.63) is 76.0 Å². The highest BCUT2D eigenvalue weighted by Crippen LogP contribution is 2.28. The van der Waals surface area contributed by atoms with Gasteiger partial charge < -0.3 is 16.0 Å². The van der Waals surface area contributed by atoms with Crippen molar-refractivity contribution >= 4 is 17.6 Å². The van der Waals surface area contributed by atoms with Crippen LogP contribution >= 0.6 is 0 Å². The first-order valence-corrected chi connectivity index (χ1v) is 8.58. The first-order chi connectivity index (χ1) is 12.3. The predicted octanol–water partition coefficient (Wildman–Crippen LogP) is 3.88. The molecule has 1 heterocycles. The van der Waals surface area contributed by atoms with E-state index in [1.165, 1.54) is 0 Å². The molecule has 0 saturated heterocycles. The Kier molecular flexibility index (Phi) is 4.80. The summed E-state index contributed by atoms with van der Waals surface area (Å²) in [6.07, 6.45) is 0. The van der Waals surface area contributed by atoms with Crippen LogP contribution in [0.4, 0.5) is 10.5 Å². The molecule has 0 fully saturated rings. The minimum absolute atomic E-state index is 0.231. The maximum atomic E-state index is 13.0. The molecule has 1 unspecified atom stereocenters. The Labute approximate surface area is 153 Å². The minimum Gasteiger partial charge on any atom is -0.327 e. The lowest BCUT2D eigenvalue weighted by atomic mass is 9.94. The first-order valence-electron chi connectivity index (χ1n) is 8.58. The molecule has 1 aliphatic heterocycles. The topological polar surface area (TPSA) is 70.2 Å². The Balaban J connectivity index is 1.95. The molecule has 134 valence electrons. The van der Waals surface area contributed by atoms with Gasteiger partial charge in [0.05, 0.1) is 11.6 Å². The molecule has 0 aliphatic carbocycles. The molecule has 0 radical (unpaired) electrons. The van der Waals surface area contributed by atoms with Gasteiger partial charge in [0, 0.05) is 11.4 Å². The van der Waals surface area contributed by atoms with E-state index < -0.39 is 6.04 Å². The van der Waals surface area contributed by atoms with Crippen LogP contribution in [0, 0.1) is 20.8 Å². The molecule has 0 bridgehead atoms. The van der Waals surface area contributed by atoms with Crippen molar-refractivity contribution in [3.63, 3.8) is 0 Å². The summed E-state index contributed by atoms with van der Waals surface area (Å²) in [5, 5.41) is 8.51. The molecule has 3 rings (SSSR count). The fraction of sp³-hybridized carbons (Fsp3) is 0.238. The fourth-order valence-corrected chi connectivity index (χ4v) is 3.25. The first kappa shape index (κ1) is 17.7. The number of urea groups is 1. The van der Waals surface area contributed by atoms with E-state index in [0.29, 0.717) is 11.3 Å². The van der Waals surface area contributed by atoms with Crippen LogP contribution in [0.2, 0.25) is 0 Å². The number of hydrogen-bond donors (Lipinski definition) is 3. The van der Waals surface area contributed by atoms with Crippen molar-refractivity contribution in [2.24, 2.45) is 0 Å². The van der Waals surface area contributed by atoms with E-state index in [1.807, 2.05) is 57.2 Å². The molecule has 3 N–H and O–H groups in total. The Hall–Kier alpha value is -3.08. The second-order valence-corrected chi connectivity index (χ2v) is 6.81. The molecule has 0 aromatic heterocycles. The van der Waals surface area contributed by atoms with Crippen LogP contribution in [-0.2, 0) is 4.79 Å². The number of benzene rings is 2. The van der Waals surface area contributed by atoms with E-state index in [4.69, 9.17) is 0 Å². The highest BCUT2D eigenvalue weighted by atomic mass is 16.2. The van der Waals surface area contributed by atoms with Crippen LogP contribution in [0.25, 0.3) is 0 Å². The van der Waals surface area contributed by atoms with Gasteiger partial charge in [0.2, 0.25) is 0 Å². The van der Waals surface area contributed by atoms with Crippen LogP contribution in [0.5, 0.6) is 0 Å². The summed E-state index contributed by atoms with van der Waals surface area (Å²) in [4.78, 5) is 24.9. The lowest BCUT2D eigenvalue weighted by Gasteiger charge is -2.28. The monoisotopic (exact) mass is 349 g/mol. The highest BCUT2D eigenvalue weighted by Gasteiger charge is 2.31. The number of carbonyl (C=O) groups excluding carboxylic acids is 2. The van der Waals surface area contributed by atoms with Crippen molar-refractivity contribution in [3.8, 4) is 0 Å². The number of hydrogen-bond acceptors (Lipinski definition) is 2. The van der Waals surface area contributed by atoms with E-state index in [2.05, 4.69) is 22.0 Å². The van der Waals surface area contributed by atoms with Crippen molar-refractivity contribution in [1.29, 1.82) is 0 Å². The second kappa shape index (κ2) is 7.04. The summed E-state index contributed by atoms with van der Waals surface area (Å²) in [5.74, 6) is -0.231. The number of allylic oxidation sites excluding steroid dienone is 1. The zero-order valence-corrected chi connectivity index (χ0v) is 15.4. The summed E-state index contributed by atoms with van der Waals surface area (Å²) < 4.78 is 0. The number of amides is 3. The van der Waals surface area contributed by atoms with Crippen molar-refractivity contribution < 1.29 is 9.59 Å². The van der Waals surface area contributed by atoms with Gasteiger partial charge in [0.25, 0.3) is 5.91 Å². The molecule has 2 aromatic carbocycles. The number of aryl methyl sites for hydroxylation is 3. The Morgan fingerprint density at radius 2 is 1.54 bits per heavy atom. The Morgan fingerprint density at radius 3 is 2.15 bits per heavy atom.